The Morgan fingerprint density at radius 3 is 2.90 bits per heavy atom. The standard InChI is InChI=1S/C12H17FN2O4S/c13-12-2-1-11(5-9(12)6-14)20(17,18)15-3-4-19-10(7-15)8-16/h1-2,5,10,16H,3-4,6-8,14H2. The molecule has 1 saturated heterocycles. The van der Waals surface area contributed by atoms with Crippen LogP contribution in [0.25, 0.3) is 0 Å². The molecule has 1 atom stereocenters. The Labute approximate surface area is 117 Å². The molecule has 1 aliphatic heterocycles. The third-order valence-corrected chi connectivity index (χ3v) is 5.04. The first-order valence-electron chi connectivity index (χ1n) is 6.20. The first kappa shape index (κ1) is 15.3. The second-order valence-electron chi connectivity index (χ2n) is 4.50. The molecule has 0 bridgehead atoms. The second kappa shape index (κ2) is 6.15. The van der Waals surface area contributed by atoms with Crippen LogP contribution in [0.15, 0.2) is 23.1 Å². The molecule has 0 aliphatic carbocycles. The van der Waals surface area contributed by atoms with Crippen molar-refractivity contribution in [2.24, 2.45) is 5.73 Å². The van der Waals surface area contributed by atoms with Gasteiger partial charge in [-0.05, 0) is 18.2 Å². The second-order valence-corrected chi connectivity index (χ2v) is 6.43. The zero-order chi connectivity index (χ0) is 14.8. The molecule has 1 aliphatic rings. The van der Waals surface area contributed by atoms with E-state index in [9.17, 15) is 12.8 Å². The van der Waals surface area contributed by atoms with E-state index in [1.807, 2.05) is 0 Å². The van der Waals surface area contributed by atoms with Gasteiger partial charge < -0.3 is 15.6 Å². The Hall–Kier alpha value is -1.06. The maximum absolute atomic E-state index is 13.4. The van der Waals surface area contributed by atoms with Gasteiger partial charge in [-0.1, -0.05) is 0 Å². The molecule has 1 unspecified atom stereocenters. The molecule has 0 saturated carbocycles. The van der Waals surface area contributed by atoms with Gasteiger partial charge in [0.25, 0.3) is 0 Å². The SMILES string of the molecule is NCc1cc(S(=O)(=O)N2CCOC(CO)C2)ccc1F. The summed E-state index contributed by atoms with van der Waals surface area (Å²) in [4.78, 5) is -0.00191. The number of nitrogens with zero attached hydrogens (tertiary/aromatic N) is 1. The zero-order valence-corrected chi connectivity index (χ0v) is 11.6. The lowest BCUT2D eigenvalue weighted by atomic mass is 10.2. The van der Waals surface area contributed by atoms with Crippen molar-refractivity contribution < 1.29 is 22.7 Å². The van der Waals surface area contributed by atoms with Gasteiger partial charge in [0.1, 0.15) is 5.82 Å². The van der Waals surface area contributed by atoms with Crippen LogP contribution in [0.2, 0.25) is 0 Å². The molecule has 1 aromatic carbocycles. The summed E-state index contributed by atoms with van der Waals surface area (Å²) >= 11 is 0. The van der Waals surface area contributed by atoms with Crippen molar-refractivity contribution in [2.75, 3.05) is 26.3 Å². The van der Waals surface area contributed by atoms with E-state index in [4.69, 9.17) is 15.6 Å². The Bertz CT molecular complexity index is 579. The van der Waals surface area contributed by atoms with E-state index in [1.54, 1.807) is 0 Å². The van der Waals surface area contributed by atoms with E-state index >= 15 is 0 Å². The number of morpholine rings is 1. The van der Waals surface area contributed by atoms with Gasteiger partial charge in [0.2, 0.25) is 10.0 Å². The predicted octanol–water partition coefficient (Wildman–Crippen LogP) is -0.334. The molecule has 0 amide bonds. The maximum atomic E-state index is 13.4. The Morgan fingerprint density at radius 2 is 2.25 bits per heavy atom. The van der Waals surface area contributed by atoms with Gasteiger partial charge >= 0.3 is 0 Å². The quantitative estimate of drug-likeness (QED) is 0.794. The van der Waals surface area contributed by atoms with Crippen molar-refractivity contribution in [3.05, 3.63) is 29.6 Å². The fraction of sp³-hybridized carbons (Fsp3) is 0.500. The van der Waals surface area contributed by atoms with Crippen LogP contribution < -0.4 is 5.73 Å². The third kappa shape index (κ3) is 2.99. The number of rotatable bonds is 4. The minimum atomic E-state index is -3.73. The molecule has 20 heavy (non-hydrogen) atoms. The minimum Gasteiger partial charge on any atom is -0.394 e. The number of sulfonamides is 1. The topological polar surface area (TPSA) is 92.9 Å². The van der Waals surface area contributed by atoms with Crippen molar-refractivity contribution in [1.82, 2.24) is 4.31 Å². The summed E-state index contributed by atoms with van der Waals surface area (Å²) < 4.78 is 44.7. The van der Waals surface area contributed by atoms with Crippen molar-refractivity contribution >= 4 is 10.0 Å². The first-order chi connectivity index (χ1) is 9.48. The molecule has 112 valence electrons. The van der Waals surface area contributed by atoms with E-state index in [0.717, 1.165) is 6.07 Å². The molecule has 0 aromatic heterocycles. The van der Waals surface area contributed by atoms with Gasteiger partial charge in [-0.2, -0.15) is 4.31 Å². The molecule has 1 heterocycles. The average Bonchev–Trinajstić information content (AvgIpc) is 2.47. The van der Waals surface area contributed by atoms with Crippen molar-refractivity contribution in [2.45, 2.75) is 17.5 Å². The number of hydrogen-bond donors (Lipinski definition) is 2. The van der Waals surface area contributed by atoms with Gasteiger partial charge in [0.05, 0.1) is 24.2 Å². The van der Waals surface area contributed by atoms with E-state index in [-0.39, 0.29) is 43.3 Å². The summed E-state index contributed by atoms with van der Waals surface area (Å²) in [5, 5.41) is 9.05. The average molecular weight is 304 g/mol. The zero-order valence-electron chi connectivity index (χ0n) is 10.8. The first-order valence-corrected chi connectivity index (χ1v) is 7.64. The predicted molar refractivity (Wildman–Crippen MR) is 69.9 cm³/mol. The highest BCUT2D eigenvalue weighted by Crippen LogP contribution is 2.21. The molecule has 2 rings (SSSR count). The summed E-state index contributed by atoms with van der Waals surface area (Å²) in [7, 11) is -3.73. The number of halogens is 1. The van der Waals surface area contributed by atoms with Crippen LogP contribution in [0.3, 0.4) is 0 Å². The van der Waals surface area contributed by atoms with Gasteiger partial charge in [0, 0.05) is 25.2 Å². The largest absolute Gasteiger partial charge is 0.394 e. The number of aliphatic hydroxyl groups is 1. The number of benzene rings is 1. The van der Waals surface area contributed by atoms with Crippen LogP contribution in [-0.4, -0.2) is 50.2 Å². The van der Waals surface area contributed by atoms with Crippen molar-refractivity contribution in [3.8, 4) is 0 Å². The molecular formula is C12H17FN2O4S. The van der Waals surface area contributed by atoms with Crippen LogP contribution in [0.4, 0.5) is 4.39 Å². The van der Waals surface area contributed by atoms with E-state index in [1.165, 1.54) is 16.4 Å². The highest BCUT2D eigenvalue weighted by Gasteiger charge is 2.30. The summed E-state index contributed by atoms with van der Waals surface area (Å²) in [6.07, 6.45) is -0.534. The minimum absolute atomic E-state index is 0.00191. The molecule has 0 radical (unpaired) electrons. The van der Waals surface area contributed by atoms with Gasteiger partial charge in [0.15, 0.2) is 0 Å². The molecule has 8 heteroatoms. The highest BCUT2D eigenvalue weighted by atomic mass is 32.2. The number of hydrogen-bond acceptors (Lipinski definition) is 5. The Morgan fingerprint density at radius 1 is 1.50 bits per heavy atom. The summed E-state index contributed by atoms with van der Waals surface area (Å²) in [6.45, 7) is 0.179. The number of ether oxygens (including phenoxy) is 1. The fourth-order valence-electron chi connectivity index (χ4n) is 2.04. The fourth-order valence-corrected chi connectivity index (χ4v) is 3.54. The van der Waals surface area contributed by atoms with Crippen LogP contribution >= 0.6 is 0 Å². The molecule has 1 fully saturated rings. The van der Waals surface area contributed by atoms with Crippen LogP contribution in [0, 0.1) is 5.82 Å². The third-order valence-electron chi connectivity index (χ3n) is 3.18. The smallest absolute Gasteiger partial charge is 0.243 e. The van der Waals surface area contributed by atoms with Crippen LogP contribution in [0.5, 0.6) is 0 Å². The van der Waals surface area contributed by atoms with Crippen LogP contribution in [-0.2, 0) is 21.3 Å². The summed E-state index contributed by atoms with van der Waals surface area (Å²) in [5.41, 5.74) is 5.53. The van der Waals surface area contributed by atoms with Crippen molar-refractivity contribution in [1.29, 1.82) is 0 Å². The maximum Gasteiger partial charge on any atom is 0.243 e. The lowest BCUT2D eigenvalue weighted by Crippen LogP contribution is -2.46. The highest BCUT2D eigenvalue weighted by molar-refractivity contribution is 7.89. The Kier molecular flexibility index (Phi) is 4.71. The Balaban J connectivity index is 2.30. The van der Waals surface area contributed by atoms with Gasteiger partial charge in [-0.15, -0.1) is 0 Å². The van der Waals surface area contributed by atoms with E-state index in [2.05, 4.69) is 0 Å². The van der Waals surface area contributed by atoms with Gasteiger partial charge in [-0.25, -0.2) is 12.8 Å². The normalized spacial score (nSPS) is 21.1. The van der Waals surface area contributed by atoms with Crippen molar-refractivity contribution in [3.63, 3.8) is 0 Å². The lowest BCUT2D eigenvalue weighted by molar-refractivity contribution is -0.0304. The number of aliphatic hydroxyl groups excluding tert-OH is 1. The molecule has 6 nitrogen and oxygen atoms in total. The summed E-state index contributed by atoms with van der Waals surface area (Å²) in [6, 6.07) is 3.56. The molecule has 0 spiro atoms. The summed E-state index contributed by atoms with van der Waals surface area (Å²) in [5.74, 6) is -0.526. The van der Waals surface area contributed by atoms with Crippen LogP contribution in [0.1, 0.15) is 5.56 Å². The van der Waals surface area contributed by atoms with E-state index in [0.29, 0.717) is 0 Å². The molecular weight excluding hydrogens is 287 g/mol. The molecule has 3 N–H and O–H groups in total. The molecule has 1 aromatic rings. The number of nitrogens with two attached hydrogens (primary N) is 1. The van der Waals surface area contributed by atoms with E-state index < -0.39 is 21.9 Å². The lowest BCUT2D eigenvalue weighted by Gasteiger charge is -2.31. The monoisotopic (exact) mass is 304 g/mol. The van der Waals surface area contributed by atoms with Gasteiger partial charge in [-0.3, -0.25) is 0 Å².